The minimum Gasteiger partial charge on any atom is -0.441 e. The molecule has 1 fully saturated rings. The summed E-state index contributed by atoms with van der Waals surface area (Å²) in [5.74, 6) is -2.23. The Hall–Kier alpha value is -2.71. The van der Waals surface area contributed by atoms with Crippen molar-refractivity contribution in [1.82, 2.24) is 15.1 Å². The Morgan fingerprint density at radius 1 is 1.07 bits per heavy atom. The summed E-state index contributed by atoms with van der Waals surface area (Å²) in [4.78, 5) is 39.5. The predicted molar refractivity (Wildman–Crippen MR) is 107 cm³/mol. The van der Waals surface area contributed by atoms with Crippen molar-refractivity contribution in [2.75, 3.05) is 26.2 Å². The molecule has 1 saturated heterocycles. The molecule has 30 heavy (non-hydrogen) atoms. The van der Waals surface area contributed by atoms with Crippen LogP contribution in [0.25, 0.3) is 0 Å². The van der Waals surface area contributed by atoms with E-state index in [9.17, 15) is 23.2 Å². The molecule has 1 unspecified atom stereocenters. The van der Waals surface area contributed by atoms with E-state index in [0.717, 1.165) is 12.1 Å². The van der Waals surface area contributed by atoms with Crippen LogP contribution in [-0.2, 0) is 14.3 Å². The number of carbonyl (C=O) groups excluding carboxylic acids is 3. The summed E-state index contributed by atoms with van der Waals surface area (Å²) in [6, 6.07) is 3.27. The highest BCUT2D eigenvalue weighted by Gasteiger charge is 2.26. The van der Waals surface area contributed by atoms with Crippen molar-refractivity contribution in [2.24, 2.45) is 0 Å². The molecule has 1 N–H and O–H groups in total. The highest BCUT2D eigenvalue weighted by molar-refractivity contribution is 5.77. The third-order valence-corrected chi connectivity index (χ3v) is 4.74. The van der Waals surface area contributed by atoms with Crippen LogP contribution in [0.15, 0.2) is 18.2 Å². The molecule has 1 aliphatic heterocycles. The first kappa shape index (κ1) is 23.6. The molecule has 1 aliphatic rings. The first-order valence-corrected chi connectivity index (χ1v) is 9.93. The average molecular weight is 425 g/mol. The number of piperazine rings is 1. The highest BCUT2D eigenvalue weighted by Crippen LogP contribution is 2.25. The zero-order valence-electron chi connectivity index (χ0n) is 17.8. The van der Waals surface area contributed by atoms with Gasteiger partial charge in [-0.2, -0.15) is 0 Å². The molecule has 0 spiro atoms. The van der Waals surface area contributed by atoms with Crippen LogP contribution in [0.3, 0.4) is 0 Å². The summed E-state index contributed by atoms with van der Waals surface area (Å²) in [5, 5.41) is 2.65. The van der Waals surface area contributed by atoms with Gasteiger partial charge in [-0.3, -0.25) is 9.59 Å². The van der Waals surface area contributed by atoms with Gasteiger partial charge in [-0.25, -0.2) is 13.6 Å². The molecule has 0 radical (unpaired) electrons. The normalized spacial score (nSPS) is 15.5. The number of rotatable bonds is 5. The molecular weight excluding hydrogens is 396 g/mol. The van der Waals surface area contributed by atoms with E-state index in [4.69, 9.17) is 4.74 Å². The number of hydrogen-bond donors (Lipinski definition) is 1. The van der Waals surface area contributed by atoms with Gasteiger partial charge in [-0.1, -0.05) is 6.07 Å². The Labute approximate surface area is 175 Å². The largest absolute Gasteiger partial charge is 0.441 e. The van der Waals surface area contributed by atoms with Gasteiger partial charge in [0.15, 0.2) is 11.6 Å². The molecule has 7 nitrogen and oxygen atoms in total. The summed E-state index contributed by atoms with van der Waals surface area (Å²) in [6.07, 6.45) is -1.44. The second kappa shape index (κ2) is 9.86. The second-order valence-electron chi connectivity index (χ2n) is 8.37. The Balaban J connectivity index is 2.03. The van der Waals surface area contributed by atoms with Gasteiger partial charge in [0, 0.05) is 45.1 Å². The zero-order chi connectivity index (χ0) is 22.5. The van der Waals surface area contributed by atoms with Crippen LogP contribution < -0.4 is 5.32 Å². The lowest BCUT2D eigenvalue weighted by Gasteiger charge is -2.34. The Morgan fingerprint density at radius 2 is 1.67 bits per heavy atom. The summed E-state index contributed by atoms with van der Waals surface area (Å²) < 4.78 is 32.4. The Kier molecular flexibility index (Phi) is 7.75. The van der Waals surface area contributed by atoms with Gasteiger partial charge in [0.2, 0.25) is 11.8 Å². The van der Waals surface area contributed by atoms with Crippen molar-refractivity contribution in [3.05, 3.63) is 35.4 Å². The molecular formula is C21H29F2N3O4. The van der Waals surface area contributed by atoms with Gasteiger partial charge in [0.1, 0.15) is 6.10 Å². The lowest BCUT2D eigenvalue weighted by atomic mass is 10.0. The van der Waals surface area contributed by atoms with Gasteiger partial charge >= 0.3 is 6.09 Å². The fourth-order valence-electron chi connectivity index (χ4n) is 3.15. The van der Waals surface area contributed by atoms with Gasteiger partial charge in [0.25, 0.3) is 0 Å². The van der Waals surface area contributed by atoms with Crippen LogP contribution in [0.5, 0.6) is 0 Å². The van der Waals surface area contributed by atoms with Gasteiger partial charge in [0.05, 0.1) is 0 Å². The minimum absolute atomic E-state index is 0.0289. The first-order chi connectivity index (χ1) is 14.0. The third-order valence-electron chi connectivity index (χ3n) is 4.74. The Bertz CT molecular complexity index is 787. The maximum absolute atomic E-state index is 13.7. The molecule has 0 saturated carbocycles. The fourth-order valence-corrected chi connectivity index (χ4v) is 3.15. The van der Waals surface area contributed by atoms with Crippen LogP contribution in [0.2, 0.25) is 0 Å². The number of carbonyl (C=O) groups is 3. The standard InChI is InChI=1S/C21H29F2N3O4/c1-14(27)25-9-11-26(12-10-25)19(28)8-7-18(30-20(29)24-21(2,3)4)15-5-6-16(22)17(23)13-15/h5-6,13,18H,7-12H2,1-4H3,(H,24,29). The zero-order valence-corrected chi connectivity index (χ0v) is 17.8. The maximum Gasteiger partial charge on any atom is 0.408 e. The first-order valence-electron chi connectivity index (χ1n) is 9.93. The van der Waals surface area contributed by atoms with Crippen molar-refractivity contribution in [1.29, 1.82) is 0 Å². The molecule has 0 bridgehead atoms. The number of halogens is 2. The highest BCUT2D eigenvalue weighted by atomic mass is 19.2. The van der Waals surface area contributed by atoms with E-state index < -0.39 is 29.4 Å². The molecule has 2 rings (SSSR count). The number of ether oxygens (including phenoxy) is 1. The van der Waals surface area contributed by atoms with Crippen LogP contribution in [0.1, 0.15) is 52.2 Å². The van der Waals surface area contributed by atoms with Gasteiger partial charge < -0.3 is 19.9 Å². The van der Waals surface area contributed by atoms with Gasteiger partial charge in [-0.05, 0) is 44.9 Å². The molecule has 166 valence electrons. The molecule has 9 heteroatoms. The number of benzene rings is 1. The van der Waals surface area contributed by atoms with E-state index in [2.05, 4.69) is 5.32 Å². The number of nitrogens with zero attached hydrogens (tertiary/aromatic N) is 2. The summed E-state index contributed by atoms with van der Waals surface area (Å²) in [5.41, 5.74) is -0.269. The van der Waals surface area contributed by atoms with Crippen LogP contribution in [-0.4, -0.2) is 59.4 Å². The van der Waals surface area contributed by atoms with E-state index in [1.165, 1.54) is 13.0 Å². The molecule has 1 aromatic rings. The van der Waals surface area contributed by atoms with E-state index in [0.29, 0.717) is 26.2 Å². The molecule has 0 aromatic heterocycles. The smallest absolute Gasteiger partial charge is 0.408 e. The Morgan fingerprint density at radius 3 is 2.20 bits per heavy atom. The van der Waals surface area contributed by atoms with E-state index >= 15 is 0 Å². The van der Waals surface area contributed by atoms with E-state index in [1.807, 2.05) is 0 Å². The fraction of sp³-hybridized carbons (Fsp3) is 0.571. The van der Waals surface area contributed by atoms with Crippen LogP contribution in [0, 0.1) is 11.6 Å². The van der Waals surface area contributed by atoms with Crippen molar-refractivity contribution in [3.63, 3.8) is 0 Å². The minimum atomic E-state index is -1.05. The number of alkyl carbamates (subject to hydrolysis) is 1. The molecule has 1 aromatic carbocycles. The molecule has 1 atom stereocenters. The van der Waals surface area contributed by atoms with Gasteiger partial charge in [-0.15, -0.1) is 0 Å². The molecule has 3 amide bonds. The monoisotopic (exact) mass is 425 g/mol. The van der Waals surface area contributed by atoms with E-state index in [-0.39, 0.29) is 30.2 Å². The number of hydrogen-bond acceptors (Lipinski definition) is 4. The SMILES string of the molecule is CC(=O)N1CCN(C(=O)CCC(OC(=O)NC(C)(C)C)c2ccc(F)c(F)c2)CC1. The molecule has 1 heterocycles. The van der Waals surface area contributed by atoms with Crippen molar-refractivity contribution < 1.29 is 27.9 Å². The van der Waals surface area contributed by atoms with Crippen molar-refractivity contribution in [2.45, 2.75) is 52.2 Å². The quantitative estimate of drug-likeness (QED) is 0.787. The number of nitrogens with one attached hydrogen (secondary N) is 1. The molecule has 0 aliphatic carbocycles. The lowest BCUT2D eigenvalue weighted by molar-refractivity contribution is -0.138. The van der Waals surface area contributed by atoms with Crippen molar-refractivity contribution in [3.8, 4) is 0 Å². The van der Waals surface area contributed by atoms with Crippen molar-refractivity contribution >= 4 is 17.9 Å². The lowest BCUT2D eigenvalue weighted by Crippen LogP contribution is -2.50. The topological polar surface area (TPSA) is 79.0 Å². The van der Waals surface area contributed by atoms with Crippen LogP contribution in [0.4, 0.5) is 13.6 Å². The van der Waals surface area contributed by atoms with E-state index in [1.54, 1.807) is 30.6 Å². The third kappa shape index (κ3) is 6.96. The summed E-state index contributed by atoms with van der Waals surface area (Å²) in [7, 11) is 0. The predicted octanol–water partition coefficient (Wildman–Crippen LogP) is 3.00. The number of amides is 3. The summed E-state index contributed by atoms with van der Waals surface area (Å²) >= 11 is 0. The van der Waals surface area contributed by atoms with Crippen LogP contribution >= 0.6 is 0 Å². The summed E-state index contributed by atoms with van der Waals surface area (Å²) in [6.45, 7) is 8.64. The second-order valence-corrected chi connectivity index (χ2v) is 8.37. The maximum atomic E-state index is 13.7. The average Bonchev–Trinajstić information content (AvgIpc) is 2.65.